The third-order valence-electron chi connectivity index (χ3n) is 3.29. The van der Waals surface area contributed by atoms with E-state index in [0.717, 1.165) is 11.8 Å². The van der Waals surface area contributed by atoms with Crippen LogP contribution in [0.5, 0.6) is 11.5 Å². The van der Waals surface area contributed by atoms with E-state index in [-0.39, 0.29) is 18.4 Å². The highest BCUT2D eigenvalue weighted by Gasteiger charge is 2.17. The Morgan fingerprint density at radius 3 is 2.79 bits per heavy atom. The molecule has 0 bridgehead atoms. The van der Waals surface area contributed by atoms with Gasteiger partial charge in [-0.1, -0.05) is 12.1 Å². The number of pyridine rings is 1. The van der Waals surface area contributed by atoms with Crippen LogP contribution >= 0.6 is 0 Å². The standard InChI is InChI=1S/C15H15N3O5S/c1-24(20,21)13-6-5-11(8-16-13)18-15(19)17-7-10-3-2-4-12-14(10)23-9-22-12/h2-6,8H,7,9H2,1H3,(H2,17,18,19). The van der Waals surface area contributed by atoms with Crippen LogP contribution in [-0.4, -0.2) is 32.5 Å². The number of sulfone groups is 1. The van der Waals surface area contributed by atoms with E-state index < -0.39 is 15.9 Å². The second kappa shape index (κ2) is 6.36. The van der Waals surface area contributed by atoms with Gasteiger partial charge in [0.25, 0.3) is 0 Å². The van der Waals surface area contributed by atoms with Crippen molar-refractivity contribution in [3.63, 3.8) is 0 Å². The Labute approximate surface area is 138 Å². The highest BCUT2D eigenvalue weighted by Crippen LogP contribution is 2.35. The highest BCUT2D eigenvalue weighted by atomic mass is 32.2. The summed E-state index contributed by atoms with van der Waals surface area (Å²) in [5.74, 6) is 1.27. The van der Waals surface area contributed by atoms with Crippen LogP contribution in [0.3, 0.4) is 0 Å². The number of nitrogens with one attached hydrogen (secondary N) is 2. The molecule has 1 aromatic carbocycles. The summed E-state index contributed by atoms with van der Waals surface area (Å²) in [7, 11) is -3.37. The Morgan fingerprint density at radius 2 is 2.08 bits per heavy atom. The summed E-state index contributed by atoms with van der Waals surface area (Å²) in [4.78, 5) is 15.7. The predicted molar refractivity (Wildman–Crippen MR) is 85.8 cm³/mol. The van der Waals surface area contributed by atoms with Crippen molar-refractivity contribution in [2.45, 2.75) is 11.6 Å². The Kier molecular flexibility index (Phi) is 4.26. The van der Waals surface area contributed by atoms with E-state index in [2.05, 4.69) is 15.6 Å². The van der Waals surface area contributed by atoms with Crippen molar-refractivity contribution in [1.29, 1.82) is 0 Å². The predicted octanol–water partition coefficient (Wildman–Crippen LogP) is 1.54. The van der Waals surface area contributed by atoms with Crippen LogP contribution in [0, 0.1) is 0 Å². The fourth-order valence-electron chi connectivity index (χ4n) is 2.15. The van der Waals surface area contributed by atoms with Crippen LogP contribution in [0.25, 0.3) is 0 Å². The average molecular weight is 349 g/mol. The second-order valence-electron chi connectivity index (χ2n) is 5.12. The van der Waals surface area contributed by atoms with Crippen molar-refractivity contribution in [1.82, 2.24) is 10.3 Å². The molecule has 0 aliphatic carbocycles. The molecule has 126 valence electrons. The number of para-hydroxylation sites is 1. The van der Waals surface area contributed by atoms with Crippen molar-refractivity contribution >= 4 is 21.6 Å². The Balaban J connectivity index is 1.59. The number of amides is 2. The van der Waals surface area contributed by atoms with E-state index >= 15 is 0 Å². The number of rotatable bonds is 4. The van der Waals surface area contributed by atoms with Gasteiger partial charge in [-0.25, -0.2) is 18.2 Å². The minimum atomic E-state index is -3.37. The van der Waals surface area contributed by atoms with Gasteiger partial charge in [0, 0.05) is 18.4 Å². The first-order chi connectivity index (χ1) is 11.4. The summed E-state index contributed by atoms with van der Waals surface area (Å²) in [5, 5.41) is 5.22. The molecule has 2 amide bonds. The van der Waals surface area contributed by atoms with Gasteiger partial charge in [-0.2, -0.15) is 0 Å². The van der Waals surface area contributed by atoms with Crippen LogP contribution in [0.1, 0.15) is 5.56 Å². The van der Waals surface area contributed by atoms with Gasteiger partial charge in [0.1, 0.15) is 0 Å². The molecule has 0 unspecified atom stereocenters. The van der Waals surface area contributed by atoms with Crippen LogP contribution in [-0.2, 0) is 16.4 Å². The first-order valence-corrected chi connectivity index (χ1v) is 8.91. The molecule has 1 aliphatic rings. The molecular formula is C15H15N3O5S. The van der Waals surface area contributed by atoms with Crippen LogP contribution < -0.4 is 20.1 Å². The zero-order chi connectivity index (χ0) is 17.2. The summed E-state index contributed by atoms with van der Waals surface area (Å²) in [6.45, 7) is 0.421. The molecule has 24 heavy (non-hydrogen) atoms. The average Bonchev–Trinajstić information content (AvgIpc) is 3.01. The highest BCUT2D eigenvalue weighted by molar-refractivity contribution is 7.90. The number of urea groups is 1. The quantitative estimate of drug-likeness (QED) is 0.867. The number of anilines is 1. The Bertz CT molecular complexity index is 865. The molecular weight excluding hydrogens is 334 g/mol. The smallest absolute Gasteiger partial charge is 0.319 e. The fraction of sp³-hybridized carbons (Fsp3) is 0.200. The zero-order valence-corrected chi connectivity index (χ0v) is 13.6. The number of benzene rings is 1. The van der Waals surface area contributed by atoms with Gasteiger partial charge in [-0.05, 0) is 18.2 Å². The molecule has 0 fully saturated rings. The van der Waals surface area contributed by atoms with E-state index in [4.69, 9.17) is 9.47 Å². The number of hydrogen-bond donors (Lipinski definition) is 2. The summed E-state index contributed by atoms with van der Waals surface area (Å²) in [6.07, 6.45) is 2.35. The molecule has 1 aliphatic heterocycles. The SMILES string of the molecule is CS(=O)(=O)c1ccc(NC(=O)NCc2cccc3c2OCO3)cn1. The Morgan fingerprint density at radius 1 is 1.25 bits per heavy atom. The maximum absolute atomic E-state index is 11.9. The van der Waals surface area contributed by atoms with Gasteiger partial charge < -0.3 is 20.1 Å². The molecule has 9 heteroatoms. The third kappa shape index (κ3) is 3.57. The van der Waals surface area contributed by atoms with Crippen molar-refractivity contribution in [2.24, 2.45) is 0 Å². The fourth-order valence-corrected chi connectivity index (χ4v) is 2.71. The van der Waals surface area contributed by atoms with Gasteiger partial charge in [-0.15, -0.1) is 0 Å². The maximum atomic E-state index is 11.9. The number of hydrogen-bond acceptors (Lipinski definition) is 6. The summed E-state index contributed by atoms with van der Waals surface area (Å²) in [6, 6.07) is 7.80. The molecule has 0 atom stereocenters. The van der Waals surface area contributed by atoms with Gasteiger partial charge in [0.2, 0.25) is 6.79 Å². The zero-order valence-electron chi connectivity index (χ0n) is 12.8. The monoisotopic (exact) mass is 349 g/mol. The Hall–Kier alpha value is -2.81. The normalized spacial score (nSPS) is 12.7. The molecule has 0 radical (unpaired) electrons. The van der Waals surface area contributed by atoms with Crippen molar-refractivity contribution < 1.29 is 22.7 Å². The molecule has 0 spiro atoms. The number of aromatic nitrogens is 1. The van der Waals surface area contributed by atoms with E-state index in [1.807, 2.05) is 12.1 Å². The maximum Gasteiger partial charge on any atom is 0.319 e. The van der Waals surface area contributed by atoms with Gasteiger partial charge in [0.05, 0.1) is 11.9 Å². The number of nitrogens with zero attached hydrogens (tertiary/aromatic N) is 1. The molecule has 2 heterocycles. The van der Waals surface area contributed by atoms with E-state index in [1.54, 1.807) is 6.07 Å². The van der Waals surface area contributed by atoms with Crippen LogP contribution in [0.4, 0.5) is 10.5 Å². The van der Waals surface area contributed by atoms with E-state index in [9.17, 15) is 13.2 Å². The number of carbonyl (C=O) groups is 1. The summed E-state index contributed by atoms with van der Waals surface area (Å²) in [5.41, 5.74) is 1.18. The van der Waals surface area contributed by atoms with Crippen LogP contribution in [0.15, 0.2) is 41.6 Å². The van der Waals surface area contributed by atoms with Gasteiger partial charge in [-0.3, -0.25) is 0 Å². The molecule has 2 aromatic rings. The minimum Gasteiger partial charge on any atom is -0.454 e. The van der Waals surface area contributed by atoms with Crippen molar-refractivity contribution in [2.75, 3.05) is 18.4 Å². The molecule has 3 rings (SSSR count). The van der Waals surface area contributed by atoms with E-state index in [0.29, 0.717) is 17.2 Å². The molecule has 2 N–H and O–H groups in total. The first kappa shape index (κ1) is 16.1. The third-order valence-corrected chi connectivity index (χ3v) is 4.29. The lowest BCUT2D eigenvalue weighted by Gasteiger charge is -2.09. The lowest BCUT2D eigenvalue weighted by molar-refractivity contribution is 0.173. The molecule has 8 nitrogen and oxygen atoms in total. The van der Waals surface area contributed by atoms with Crippen LogP contribution in [0.2, 0.25) is 0 Å². The number of ether oxygens (including phenoxy) is 2. The molecule has 0 saturated carbocycles. The topological polar surface area (TPSA) is 107 Å². The van der Waals surface area contributed by atoms with Gasteiger partial charge >= 0.3 is 6.03 Å². The second-order valence-corrected chi connectivity index (χ2v) is 7.08. The summed E-state index contributed by atoms with van der Waals surface area (Å²) < 4.78 is 33.3. The number of carbonyl (C=O) groups excluding carboxylic acids is 1. The number of fused-ring (bicyclic) bond motifs is 1. The lowest BCUT2D eigenvalue weighted by atomic mass is 10.2. The molecule has 0 saturated heterocycles. The lowest BCUT2D eigenvalue weighted by Crippen LogP contribution is -2.28. The largest absolute Gasteiger partial charge is 0.454 e. The van der Waals surface area contributed by atoms with E-state index in [1.165, 1.54) is 18.3 Å². The van der Waals surface area contributed by atoms with Gasteiger partial charge in [0.15, 0.2) is 26.4 Å². The van der Waals surface area contributed by atoms with Crippen molar-refractivity contribution in [3.05, 3.63) is 42.1 Å². The van der Waals surface area contributed by atoms with Crippen molar-refractivity contribution in [3.8, 4) is 11.5 Å². The first-order valence-electron chi connectivity index (χ1n) is 7.02. The minimum absolute atomic E-state index is 0.0505. The molecule has 1 aromatic heterocycles. The summed E-state index contributed by atoms with van der Waals surface area (Å²) >= 11 is 0.